The maximum absolute atomic E-state index is 11.5. The third kappa shape index (κ3) is 2.94. The Balaban J connectivity index is 2.24. The third-order valence-electron chi connectivity index (χ3n) is 2.36. The van der Waals surface area contributed by atoms with Crippen LogP contribution in [-0.2, 0) is 10.2 Å². The molecule has 4 nitrogen and oxygen atoms in total. The number of hydrogen-bond acceptors (Lipinski definition) is 5. The molecule has 1 aromatic heterocycles. The quantitative estimate of drug-likeness (QED) is 0.631. The zero-order valence-electron chi connectivity index (χ0n) is 10.4. The average molecular weight is 279 g/mol. The lowest BCUT2D eigenvalue weighted by atomic mass is 9.93. The molecular formula is C12H13N3OS2. The summed E-state index contributed by atoms with van der Waals surface area (Å²) in [7, 11) is 0. The summed E-state index contributed by atoms with van der Waals surface area (Å²) in [5, 5.41) is 2.56. The van der Waals surface area contributed by atoms with Crippen LogP contribution in [0.2, 0.25) is 0 Å². The van der Waals surface area contributed by atoms with Crippen molar-refractivity contribution in [2.75, 3.05) is 0 Å². The van der Waals surface area contributed by atoms with Gasteiger partial charge in [-0.1, -0.05) is 44.8 Å². The van der Waals surface area contributed by atoms with Crippen LogP contribution in [0.15, 0.2) is 17.3 Å². The minimum absolute atomic E-state index is 0.0281. The highest BCUT2D eigenvalue weighted by Gasteiger charge is 2.22. The van der Waals surface area contributed by atoms with Gasteiger partial charge < -0.3 is 5.32 Å². The van der Waals surface area contributed by atoms with Crippen molar-refractivity contribution in [1.29, 1.82) is 0 Å². The SMILES string of the molecule is CC(C)(C)c1cnc(C=C2SC(=S)NC2=O)cn1. The van der Waals surface area contributed by atoms with Gasteiger partial charge in [-0.15, -0.1) is 0 Å². The van der Waals surface area contributed by atoms with Crippen LogP contribution in [0.5, 0.6) is 0 Å². The smallest absolute Gasteiger partial charge is 0.263 e. The maximum atomic E-state index is 11.5. The Labute approximate surface area is 115 Å². The van der Waals surface area contributed by atoms with E-state index in [0.717, 1.165) is 5.69 Å². The molecule has 6 heteroatoms. The third-order valence-corrected chi connectivity index (χ3v) is 3.52. The zero-order chi connectivity index (χ0) is 13.3. The van der Waals surface area contributed by atoms with Gasteiger partial charge in [0.2, 0.25) is 0 Å². The predicted molar refractivity (Wildman–Crippen MR) is 77.0 cm³/mol. The van der Waals surface area contributed by atoms with E-state index in [9.17, 15) is 4.79 Å². The first-order valence-corrected chi connectivity index (χ1v) is 6.66. The number of thiocarbonyl (C=S) groups is 1. The van der Waals surface area contributed by atoms with Crippen LogP contribution >= 0.6 is 24.0 Å². The summed E-state index contributed by atoms with van der Waals surface area (Å²) in [6.45, 7) is 6.23. The Hall–Kier alpha value is -1.27. The van der Waals surface area contributed by atoms with Crippen molar-refractivity contribution >= 4 is 40.3 Å². The predicted octanol–water partition coefficient (Wildman–Crippen LogP) is 2.26. The van der Waals surface area contributed by atoms with E-state index in [0.29, 0.717) is 14.9 Å². The van der Waals surface area contributed by atoms with Gasteiger partial charge in [-0.3, -0.25) is 14.8 Å². The van der Waals surface area contributed by atoms with Crippen molar-refractivity contribution in [2.45, 2.75) is 26.2 Å². The summed E-state index contributed by atoms with van der Waals surface area (Å²) < 4.78 is 0.477. The first kappa shape index (κ1) is 13.2. The van der Waals surface area contributed by atoms with Gasteiger partial charge in [0.15, 0.2) is 0 Å². The molecule has 0 unspecified atom stereocenters. The second kappa shape index (κ2) is 4.78. The highest BCUT2D eigenvalue weighted by Crippen LogP contribution is 2.25. The lowest BCUT2D eigenvalue weighted by molar-refractivity contribution is -0.115. The van der Waals surface area contributed by atoms with Crippen LogP contribution in [0, 0.1) is 0 Å². The first-order valence-electron chi connectivity index (χ1n) is 5.43. The number of aromatic nitrogens is 2. The Morgan fingerprint density at radius 2 is 2.06 bits per heavy atom. The molecule has 0 bridgehead atoms. The molecule has 0 saturated carbocycles. The standard InChI is InChI=1S/C12H13N3OS2/c1-12(2,3)9-6-13-7(5-14-9)4-8-10(16)15-11(17)18-8/h4-6H,1-3H3,(H,15,16,17). The molecule has 0 aromatic carbocycles. The van der Waals surface area contributed by atoms with Gasteiger partial charge in [-0.05, 0) is 6.08 Å². The molecule has 1 aliphatic rings. The molecule has 1 aromatic rings. The van der Waals surface area contributed by atoms with Crippen LogP contribution in [-0.4, -0.2) is 20.2 Å². The molecule has 18 heavy (non-hydrogen) atoms. The van der Waals surface area contributed by atoms with Gasteiger partial charge in [0.25, 0.3) is 5.91 Å². The summed E-state index contributed by atoms with van der Waals surface area (Å²) in [6, 6.07) is 0. The van der Waals surface area contributed by atoms with Crippen molar-refractivity contribution in [2.24, 2.45) is 0 Å². The van der Waals surface area contributed by atoms with E-state index in [4.69, 9.17) is 12.2 Å². The van der Waals surface area contributed by atoms with Crippen LogP contribution in [0.25, 0.3) is 6.08 Å². The van der Waals surface area contributed by atoms with E-state index in [1.165, 1.54) is 11.8 Å². The van der Waals surface area contributed by atoms with Crippen molar-refractivity contribution in [1.82, 2.24) is 15.3 Å². The van der Waals surface area contributed by atoms with Crippen LogP contribution in [0.4, 0.5) is 0 Å². The molecule has 0 spiro atoms. The van der Waals surface area contributed by atoms with Crippen LogP contribution in [0.3, 0.4) is 0 Å². The fraction of sp³-hybridized carbons (Fsp3) is 0.333. The lowest BCUT2D eigenvalue weighted by Crippen LogP contribution is -2.17. The summed E-state index contributed by atoms with van der Waals surface area (Å²) >= 11 is 6.16. The molecule has 0 radical (unpaired) electrons. The number of amides is 1. The number of carbonyl (C=O) groups excluding carboxylic acids is 1. The zero-order valence-corrected chi connectivity index (χ0v) is 12.0. The molecular weight excluding hydrogens is 266 g/mol. The van der Waals surface area contributed by atoms with E-state index < -0.39 is 0 Å². The summed E-state index contributed by atoms with van der Waals surface area (Å²) in [5.41, 5.74) is 1.55. The monoisotopic (exact) mass is 279 g/mol. The average Bonchev–Trinajstić information content (AvgIpc) is 2.57. The van der Waals surface area contributed by atoms with Crippen LogP contribution < -0.4 is 5.32 Å². The summed E-state index contributed by atoms with van der Waals surface area (Å²) in [5.74, 6) is -0.174. The molecule has 2 heterocycles. The normalized spacial score (nSPS) is 18.3. The van der Waals surface area contributed by atoms with E-state index >= 15 is 0 Å². The minimum Gasteiger partial charge on any atom is -0.307 e. The second-order valence-corrected chi connectivity index (χ2v) is 6.65. The van der Waals surface area contributed by atoms with Gasteiger partial charge in [0.05, 0.1) is 22.5 Å². The Morgan fingerprint density at radius 3 is 2.50 bits per heavy atom. The number of nitrogens with one attached hydrogen (secondary N) is 1. The van der Waals surface area contributed by atoms with Crippen molar-refractivity contribution in [3.05, 3.63) is 28.7 Å². The first-order chi connectivity index (χ1) is 8.36. The van der Waals surface area contributed by atoms with Gasteiger partial charge in [-0.2, -0.15) is 0 Å². The fourth-order valence-electron chi connectivity index (χ4n) is 1.36. The molecule has 1 amide bonds. The number of carbonyl (C=O) groups is 1. The molecule has 0 aliphatic carbocycles. The lowest BCUT2D eigenvalue weighted by Gasteiger charge is -2.16. The molecule has 94 valence electrons. The Morgan fingerprint density at radius 1 is 1.33 bits per heavy atom. The van der Waals surface area contributed by atoms with Gasteiger partial charge in [0.1, 0.15) is 4.32 Å². The number of rotatable bonds is 1. The highest BCUT2D eigenvalue weighted by atomic mass is 32.2. The van der Waals surface area contributed by atoms with Crippen molar-refractivity contribution < 1.29 is 4.79 Å². The largest absolute Gasteiger partial charge is 0.307 e. The molecule has 1 N–H and O–H groups in total. The topological polar surface area (TPSA) is 54.9 Å². The highest BCUT2D eigenvalue weighted by molar-refractivity contribution is 8.26. The summed E-state index contributed by atoms with van der Waals surface area (Å²) in [4.78, 5) is 20.7. The van der Waals surface area contributed by atoms with E-state index in [2.05, 4.69) is 36.1 Å². The Kier molecular flexibility index (Phi) is 3.49. The van der Waals surface area contributed by atoms with Crippen LogP contribution in [0.1, 0.15) is 32.2 Å². The van der Waals surface area contributed by atoms with Crippen molar-refractivity contribution in [3.8, 4) is 0 Å². The molecule has 0 atom stereocenters. The maximum Gasteiger partial charge on any atom is 0.263 e. The van der Waals surface area contributed by atoms with Gasteiger partial charge in [-0.25, -0.2) is 0 Å². The number of nitrogens with zero attached hydrogens (tertiary/aromatic N) is 2. The van der Waals surface area contributed by atoms with Gasteiger partial charge >= 0.3 is 0 Å². The van der Waals surface area contributed by atoms with E-state index in [1.807, 2.05) is 0 Å². The second-order valence-electron chi connectivity index (χ2n) is 4.93. The van der Waals surface area contributed by atoms with Gasteiger partial charge in [0, 0.05) is 11.6 Å². The molecule has 2 rings (SSSR count). The Bertz CT molecular complexity index is 529. The fourth-order valence-corrected chi connectivity index (χ4v) is 2.38. The van der Waals surface area contributed by atoms with E-state index in [-0.39, 0.29) is 11.3 Å². The van der Waals surface area contributed by atoms with E-state index in [1.54, 1.807) is 18.5 Å². The molecule has 1 aliphatic heterocycles. The minimum atomic E-state index is -0.174. The number of hydrogen-bond donors (Lipinski definition) is 1. The number of thioether (sulfide) groups is 1. The molecule has 1 saturated heterocycles. The summed E-state index contributed by atoms with van der Waals surface area (Å²) in [6.07, 6.45) is 5.10. The molecule has 1 fully saturated rings. The van der Waals surface area contributed by atoms with Crippen molar-refractivity contribution in [3.63, 3.8) is 0 Å².